The number of anilines is 2. The second kappa shape index (κ2) is 10.5. The molecule has 0 bridgehead atoms. The Morgan fingerprint density at radius 2 is 1.85 bits per heavy atom. The van der Waals surface area contributed by atoms with Crippen molar-refractivity contribution >= 4 is 11.5 Å². The van der Waals surface area contributed by atoms with Gasteiger partial charge >= 0.3 is 0 Å². The van der Waals surface area contributed by atoms with Crippen molar-refractivity contribution in [1.29, 1.82) is 0 Å². The van der Waals surface area contributed by atoms with Gasteiger partial charge in [0.05, 0.1) is 5.69 Å². The molecule has 0 unspecified atom stereocenters. The number of benzene rings is 1. The summed E-state index contributed by atoms with van der Waals surface area (Å²) in [6.45, 7) is 8.20. The quantitative estimate of drug-likeness (QED) is 0.576. The fourth-order valence-electron chi connectivity index (χ4n) is 4.96. The molecule has 3 aromatic rings. The topological polar surface area (TPSA) is 56.3 Å². The average Bonchev–Trinajstić information content (AvgIpc) is 2.87. The highest BCUT2D eigenvalue weighted by Gasteiger charge is 2.23. The molecule has 0 radical (unpaired) electrons. The molecule has 5 rings (SSSR count). The van der Waals surface area contributed by atoms with E-state index in [2.05, 4.69) is 45.6 Å². The zero-order valence-electron chi connectivity index (χ0n) is 19.8. The molecule has 0 spiro atoms. The fourth-order valence-corrected chi connectivity index (χ4v) is 4.96. The SMILES string of the molecule is C[C@H]1CN(Cc2ccc(-c3cccnc3N3CCC(Nc4ccc(F)cc4)CC3)nc2)CCN1. The number of aromatic nitrogens is 2. The first-order valence-electron chi connectivity index (χ1n) is 12.3. The lowest BCUT2D eigenvalue weighted by molar-refractivity contribution is 0.199. The van der Waals surface area contributed by atoms with Crippen LogP contribution in [0.5, 0.6) is 0 Å². The predicted molar refractivity (Wildman–Crippen MR) is 135 cm³/mol. The van der Waals surface area contributed by atoms with E-state index >= 15 is 0 Å². The average molecular weight is 461 g/mol. The Hall–Kier alpha value is -3.03. The van der Waals surface area contributed by atoms with Crippen LogP contribution in [0, 0.1) is 5.82 Å². The highest BCUT2D eigenvalue weighted by molar-refractivity contribution is 5.73. The van der Waals surface area contributed by atoms with E-state index in [9.17, 15) is 4.39 Å². The van der Waals surface area contributed by atoms with E-state index in [-0.39, 0.29) is 5.82 Å². The molecule has 178 valence electrons. The Bertz CT molecular complexity index is 1060. The summed E-state index contributed by atoms with van der Waals surface area (Å²) in [5.74, 6) is 0.794. The first kappa shape index (κ1) is 22.7. The van der Waals surface area contributed by atoms with Gasteiger partial charge in [-0.1, -0.05) is 6.07 Å². The predicted octanol–water partition coefficient (Wildman–Crippen LogP) is 4.16. The van der Waals surface area contributed by atoms with Gasteiger partial charge < -0.3 is 15.5 Å². The zero-order chi connectivity index (χ0) is 23.3. The van der Waals surface area contributed by atoms with Crippen LogP contribution in [-0.4, -0.2) is 59.7 Å². The molecule has 7 heteroatoms. The summed E-state index contributed by atoms with van der Waals surface area (Å²) in [6, 6.07) is 15.9. The maximum absolute atomic E-state index is 13.2. The summed E-state index contributed by atoms with van der Waals surface area (Å²) in [4.78, 5) is 14.4. The van der Waals surface area contributed by atoms with Crippen molar-refractivity contribution in [3.05, 3.63) is 72.3 Å². The third kappa shape index (κ3) is 5.54. The normalized spacial score (nSPS) is 19.8. The number of nitrogens with zero attached hydrogens (tertiary/aromatic N) is 4. The molecule has 4 heterocycles. The van der Waals surface area contributed by atoms with Gasteiger partial charge in [0.2, 0.25) is 0 Å². The number of piperidine rings is 1. The molecule has 6 nitrogen and oxygen atoms in total. The minimum absolute atomic E-state index is 0.205. The largest absolute Gasteiger partial charge is 0.382 e. The molecule has 1 atom stereocenters. The minimum Gasteiger partial charge on any atom is -0.382 e. The highest BCUT2D eigenvalue weighted by Crippen LogP contribution is 2.30. The minimum atomic E-state index is -0.205. The van der Waals surface area contributed by atoms with Crippen molar-refractivity contribution in [3.63, 3.8) is 0 Å². The van der Waals surface area contributed by atoms with Crippen LogP contribution in [-0.2, 0) is 6.54 Å². The van der Waals surface area contributed by atoms with E-state index in [4.69, 9.17) is 9.97 Å². The summed E-state index contributed by atoms with van der Waals surface area (Å²) >= 11 is 0. The molecule has 2 aliphatic heterocycles. The Balaban J connectivity index is 1.23. The zero-order valence-corrected chi connectivity index (χ0v) is 19.8. The van der Waals surface area contributed by atoms with E-state index in [1.54, 1.807) is 12.1 Å². The molecule has 0 amide bonds. The summed E-state index contributed by atoms with van der Waals surface area (Å²) in [5.41, 5.74) is 4.26. The Morgan fingerprint density at radius 3 is 2.59 bits per heavy atom. The molecule has 2 N–H and O–H groups in total. The molecule has 2 aliphatic rings. The molecule has 0 aliphatic carbocycles. The summed E-state index contributed by atoms with van der Waals surface area (Å²) in [7, 11) is 0. The van der Waals surface area contributed by atoms with Crippen molar-refractivity contribution in [2.75, 3.05) is 42.9 Å². The number of rotatable bonds is 6. The maximum Gasteiger partial charge on any atom is 0.137 e. The smallest absolute Gasteiger partial charge is 0.137 e. The standard InChI is InChI=1S/C27H33FN6/c1-20-18-33(16-13-29-20)19-21-4-9-26(31-17-21)25-3-2-12-30-27(25)34-14-10-24(11-15-34)32-23-7-5-22(28)6-8-23/h2-9,12,17,20,24,29,32H,10-11,13-16,18-19H2,1H3/t20-/m0/s1. The number of piperazine rings is 1. The Kier molecular flexibility index (Phi) is 7.02. The molecule has 2 aromatic heterocycles. The van der Waals surface area contributed by atoms with Gasteiger partial charge in [-0.2, -0.15) is 0 Å². The van der Waals surface area contributed by atoms with E-state index in [0.29, 0.717) is 12.1 Å². The van der Waals surface area contributed by atoms with Gasteiger partial charge in [0, 0.05) is 75.0 Å². The fraction of sp³-hybridized carbons (Fsp3) is 0.407. The van der Waals surface area contributed by atoms with E-state index in [1.807, 2.05) is 18.5 Å². The van der Waals surface area contributed by atoms with E-state index < -0.39 is 0 Å². The summed E-state index contributed by atoms with van der Waals surface area (Å²) in [5, 5.41) is 7.03. The van der Waals surface area contributed by atoms with Crippen LogP contribution in [0.3, 0.4) is 0 Å². The second-order valence-corrected chi connectivity index (χ2v) is 9.43. The summed E-state index contributed by atoms with van der Waals surface area (Å²) < 4.78 is 13.2. The van der Waals surface area contributed by atoms with Crippen LogP contribution in [0.15, 0.2) is 60.9 Å². The van der Waals surface area contributed by atoms with Gasteiger partial charge in [-0.05, 0) is 67.8 Å². The van der Waals surface area contributed by atoms with Crippen molar-refractivity contribution in [2.24, 2.45) is 0 Å². The summed E-state index contributed by atoms with van der Waals surface area (Å²) in [6.07, 6.45) is 5.88. The maximum atomic E-state index is 13.2. The molecular formula is C27H33FN6. The molecule has 1 aromatic carbocycles. The van der Waals surface area contributed by atoms with E-state index in [0.717, 1.165) is 74.9 Å². The Morgan fingerprint density at radius 1 is 1.03 bits per heavy atom. The van der Waals surface area contributed by atoms with Gasteiger partial charge in [-0.25, -0.2) is 9.37 Å². The number of halogens is 1. The number of pyridine rings is 2. The van der Waals surface area contributed by atoms with Gasteiger partial charge in [0.1, 0.15) is 11.6 Å². The van der Waals surface area contributed by atoms with Crippen LogP contribution >= 0.6 is 0 Å². The lowest BCUT2D eigenvalue weighted by Crippen LogP contribution is -2.48. The van der Waals surface area contributed by atoms with Crippen molar-refractivity contribution in [1.82, 2.24) is 20.2 Å². The van der Waals surface area contributed by atoms with Gasteiger partial charge in [-0.3, -0.25) is 9.88 Å². The van der Waals surface area contributed by atoms with Gasteiger partial charge in [-0.15, -0.1) is 0 Å². The molecule has 34 heavy (non-hydrogen) atoms. The second-order valence-electron chi connectivity index (χ2n) is 9.43. The van der Waals surface area contributed by atoms with Crippen molar-refractivity contribution < 1.29 is 4.39 Å². The molecule has 2 saturated heterocycles. The van der Waals surface area contributed by atoms with Crippen LogP contribution in [0.1, 0.15) is 25.3 Å². The molecular weight excluding hydrogens is 427 g/mol. The molecule has 2 fully saturated rings. The third-order valence-electron chi connectivity index (χ3n) is 6.76. The van der Waals surface area contributed by atoms with Gasteiger partial charge in [0.15, 0.2) is 0 Å². The lowest BCUT2D eigenvalue weighted by Gasteiger charge is -2.34. The molecule has 0 saturated carbocycles. The van der Waals surface area contributed by atoms with Crippen molar-refractivity contribution in [3.8, 4) is 11.3 Å². The first-order chi connectivity index (χ1) is 16.6. The van der Waals surface area contributed by atoms with Crippen LogP contribution in [0.4, 0.5) is 15.9 Å². The number of hydrogen-bond donors (Lipinski definition) is 2. The van der Waals surface area contributed by atoms with Crippen molar-refractivity contribution in [2.45, 2.75) is 38.4 Å². The monoisotopic (exact) mass is 460 g/mol. The van der Waals surface area contributed by atoms with Crippen LogP contribution in [0.25, 0.3) is 11.3 Å². The third-order valence-corrected chi connectivity index (χ3v) is 6.76. The van der Waals surface area contributed by atoms with Crippen LogP contribution in [0.2, 0.25) is 0 Å². The Labute approximate surface area is 201 Å². The van der Waals surface area contributed by atoms with E-state index in [1.165, 1.54) is 17.7 Å². The first-order valence-corrected chi connectivity index (χ1v) is 12.3. The van der Waals surface area contributed by atoms with Gasteiger partial charge in [0.25, 0.3) is 0 Å². The number of hydrogen-bond acceptors (Lipinski definition) is 6. The lowest BCUT2D eigenvalue weighted by atomic mass is 10.0. The number of nitrogens with one attached hydrogen (secondary N) is 2. The highest BCUT2D eigenvalue weighted by atomic mass is 19.1. The van der Waals surface area contributed by atoms with Crippen LogP contribution < -0.4 is 15.5 Å².